The average Bonchev–Trinajstić information content (AvgIpc) is 2.76. The number of hydrogen-bond acceptors (Lipinski definition) is 6. The predicted octanol–water partition coefficient (Wildman–Crippen LogP) is 2.09. The molecular weight excluding hydrogens is 382 g/mol. The summed E-state index contributed by atoms with van der Waals surface area (Å²) in [5.41, 5.74) is 1.25. The molecule has 0 atom stereocenters. The molecule has 1 aliphatic carbocycles. The first-order chi connectivity index (χ1) is 14.6. The molecule has 0 spiro atoms. The largest absolute Gasteiger partial charge is 0.393 e. The number of aliphatic hydroxyl groups excluding tert-OH is 1. The fourth-order valence-electron chi connectivity index (χ4n) is 4.14. The maximum Gasteiger partial charge on any atom is 0.251 e. The van der Waals surface area contributed by atoms with Crippen LogP contribution in [0.2, 0.25) is 0 Å². The predicted molar refractivity (Wildman–Crippen MR) is 114 cm³/mol. The number of amides is 2. The molecule has 8 heteroatoms. The Bertz CT molecular complexity index is 911. The zero-order valence-corrected chi connectivity index (χ0v) is 17.1. The lowest BCUT2D eigenvalue weighted by molar-refractivity contribution is -0.133. The van der Waals surface area contributed by atoms with Crippen molar-refractivity contribution in [3.8, 4) is 0 Å². The molecule has 2 amide bonds. The second-order valence-electron chi connectivity index (χ2n) is 8.21. The Hall–Kier alpha value is -2.74. The second-order valence-corrected chi connectivity index (χ2v) is 8.21. The molecule has 8 nitrogen and oxygen atoms in total. The monoisotopic (exact) mass is 411 g/mol. The average molecular weight is 412 g/mol. The molecule has 1 aromatic carbocycles. The highest BCUT2D eigenvalue weighted by Gasteiger charge is 2.20. The van der Waals surface area contributed by atoms with Gasteiger partial charge in [-0.3, -0.25) is 9.59 Å². The van der Waals surface area contributed by atoms with E-state index in [4.69, 9.17) is 0 Å². The van der Waals surface area contributed by atoms with E-state index in [-0.39, 0.29) is 24.0 Å². The summed E-state index contributed by atoms with van der Waals surface area (Å²) in [6.07, 6.45) is 7.52. The van der Waals surface area contributed by atoms with Crippen LogP contribution >= 0.6 is 0 Å². The first-order valence-electron chi connectivity index (χ1n) is 10.9. The summed E-state index contributed by atoms with van der Waals surface area (Å²) in [5.74, 6) is 0.547. The number of benzene rings is 1. The van der Waals surface area contributed by atoms with Crippen LogP contribution in [0.1, 0.15) is 55.3 Å². The Morgan fingerprint density at radius 3 is 2.83 bits per heavy atom. The molecule has 30 heavy (non-hydrogen) atoms. The fraction of sp³-hybridized carbons (Fsp3) is 0.545. The smallest absolute Gasteiger partial charge is 0.251 e. The minimum atomic E-state index is -0.199. The van der Waals surface area contributed by atoms with Crippen molar-refractivity contribution in [2.24, 2.45) is 0 Å². The summed E-state index contributed by atoms with van der Waals surface area (Å²) < 4.78 is 0. The van der Waals surface area contributed by atoms with Crippen LogP contribution in [0.4, 0.5) is 5.95 Å². The van der Waals surface area contributed by atoms with Crippen LogP contribution in [-0.4, -0.2) is 63.6 Å². The Labute approximate surface area is 176 Å². The number of nitrogens with one attached hydrogen (secondary N) is 2. The lowest BCUT2D eigenvalue weighted by Gasteiger charge is -2.26. The van der Waals surface area contributed by atoms with Crippen molar-refractivity contribution >= 4 is 28.7 Å². The van der Waals surface area contributed by atoms with Crippen LogP contribution in [0.25, 0.3) is 10.9 Å². The van der Waals surface area contributed by atoms with Gasteiger partial charge in [0.25, 0.3) is 5.91 Å². The molecule has 1 aliphatic heterocycles. The van der Waals surface area contributed by atoms with Gasteiger partial charge in [-0.2, -0.15) is 0 Å². The van der Waals surface area contributed by atoms with Crippen LogP contribution in [0.5, 0.6) is 0 Å². The molecule has 4 rings (SSSR count). The van der Waals surface area contributed by atoms with Gasteiger partial charge in [0.2, 0.25) is 11.9 Å². The Morgan fingerprint density at radius 1 is 1.20 bits per heavy atom. The molecule has 160 valence electrons. The van der Waals surface area contributed by atoms with E-state index in [1.807, 2.05) is 11.0 Å². The van der Waals surface area contributed by atoms with Gasteiger partial charge < -0.3 is 20.6 Å². The molecule has 1 saturated carbocycles. The molecule has 3 N–H and O–H groups in total. The highest BCUT2D eigenvalue weighted by Crippen LogP contribution is 2.22. The summed E-state index contributed by atoms with van der Waals surface area (Å²) in [5, 5.41) is 16.8. The molecule has 0 unspecified atom stereocenters. The van der Waals surface area contributed by atoms with E-state index in [9.17, 15) is 14.7 Å². The van der Waals surface area contributed by atoms with E-state index in [0.717, 1.165) is 50.5 Å². The number of aliphatic hydroxyl groups is 1. The Balaban J connectivity index is 1.36. The number of fused-ring (bicyclic) bond motifs is 1. The first-order valence-corrected chi connectivity index (χ1v) is 10.9. The molecule has 0 radical (unpaired) electrons. The maximum atomic E-state index is 12.5. The van der Waals surface area contributed by atoms with Crippen LogP contribution in [0.3, 0.4) is 0 Å². The third-order valence-corrected chi connectivity index (χ3v) is 5.96. The van der Waals surface area contributed by atoms with E-state index in [0.29, 0.717) is 36.5 Å². The van der Waals surface area contributed by atoms with Crippen LogP contribution in [0, 0.1) is 0 Å². The van der Waals surface area contributed by atoms with Crippen LogP contribution < -0.4 is 10.6 Å². The van der Waals surface area contributed by atoms with Gasteiger partial charge in [-0.1, -0.05) is 6.07 Å². The zero-order valence-electron chi connectivity index (χ0n) is 17.1. The van der Waals surface area contributed by atoms with Gasteiger partial charge in [-0.15, -0.1) is 0 Å². The highest BCUT2D eigenvalue weighted by molar-refractivity contribution is 5.97. The van der Waals surface area contributed by atoms with Gasteiger partial charge in [-0.05, 0) is 50.7 Å². The topological polar surface area (TPSA) is 107 Å². The minimum absolute atomic E-state index is 0.171. The molecular formula is C22H29N5O3. The van der Waals surface area contributed by atoms with E-state index in [1.165, 1.54) is 0 Å². The maximum absolute atomic E-state index is 12.5. The van der Waals surface area contributed by atoms with Gasteiger partial charge in [-0.25, -0.2) is 9.97 Å². The van der Waals surface area contributed by atoms with Crippen molar-refractivity contribution in [2.75, 3.05) is 25.0 Å². The number of aromatic nitrogens is 2. The third kappa shape index (κ3) is 5.05. The lowest BCUT2D eigenvalue weighted by Crippen LogP contribution is -2.41. The molecule has 0 bridgehead atoms. The molecule has 1 aromatic heterocycles. The molecule has 2 aliphatic rings. The lowest BCUT2D eigenvalue weighted by atomic mass is 9.93. The van der Waals surface area contributed by atoms with Gasteiger partial charge in [0, 0.05) is 49.2 Å². The van der Waals surface area contributed by atoms with E-state index in [2.05, 4.69) is 20.6 Å². The number of rotatable bonds is 6. The summed E-state index contributed by atoms with van der Waals surface area (Å²) >= 11 is 0. The summed E-state index contributed by atoms with van der Waals surface area (Å²) in [6, 6.07) is 5.64. The summed E-state index contributed by atoms with van der Waals surface area (Å²) in [4.78, 5) is 35.2. The Morgan fingerprint density at radius 2 is 2.03 bits per heavy atom. The standard InChI is InChI=1S/C22H29N5O3/c28-18-8-6-17(7-9-18)25-22-24-14-16-5-4-15(13-19(16)26-22)21(30)23-10-12-27-11-2-1-3-20(27)29/h4-5,13-14,17-18,28H,1-3,6-12H2,(H,23,30)(H,24,25,26)/t17-,18-. The van der Waals surface area contributed by atoms with Crippen LogP contribution in [-0.2, 0) is 4.79 Å². The number of carbonyl (C=O) groups excluding carboxylic acids is 2. The number of nitrogens with zero attached hydrogens (tertiary/aromatic N) is 3. The number of anilines is 1. The zero-order chi connectivity index (χ0) is 20.9. The van der Waals surface area contributed by atoms with Crippen molar-refractivity contribution in [3.05, 3.63) is 30.0 Å². The molecule has 1 saturated heterocycles. The second kappa shape index (κ2) is 9.38. The van der Waals surface area contributed by atoms with Crippen molar-refractivity contribution in [2.45, 2.75) is 57.1 Å². The minimum Gasteiger partial charge on any atom is -0.393 e. The first kappa shape index (κ1) is 20.5. The van der Waals surface area contributed by atoms with E-state index in [1.54, 1.807) is 18.3 Å². The SMILES string of the molecule is O=C(NCCN1CCCCC1=O)c1ccc2cnc(N[C@H]3CC[C@H](O)CC3)nc2c1. The number of carbonyl (C=O) groups is 2. The molecule has 2 aromatic rings. The summed E-state index contributed by atoms with van der Waals surface area (Å²) in [6.45, 7) is 1.76. The van der Waals surface area contributed by atoms with Gasteiger partial charge in [0.1, 0.15) is 0 Å². The van der Waals surface area contributed by atoms with Crippen LogP contribution in [0.15, 0.2) is 24.4 Å². The number of hydrogen-bond donors (Lipinski definition) is 3. The normalized spacial score (nSPS) is 22.2. The van der Waals surface area contributed by atoms with Crippen molar-refractivity contribution in [3.63, 3.8) is 0 Å². The van der Waals surface area contributed by atoms with E-state index < -0.39 is 0 Å². The number of likely N-dealkylation sites (tertiary alicyclic amines) is 1. The summed E-state index contributed by atoms with van der Waals surface area (Å²) in [7, 11) is 0. The quantitative estimate of drug-likeness (QED) is 0.672. The Kier molecular flexibility index (Phi) is 6.42. The number of piperidine rings is 1. The van der Waals surface area contributed by atoms with Gasteiger partial charge >= 0.3 is 0 Å². The van der Waals surface area contributed by atoms with Crippen molar-refractivity contribution in [1.82, 2.24) is 20.2 Å². The van der Waals surface area contributed by atoms with Gasteiger partial charge in [0.05, 0.1) is 11.6 Å². The van der Waals surface area contributed by atoms with Gasteiger partial charge in [0.15, 0.2) is 0 Å². The molecule has 2 heterocycles. The van der Waals surface area contributed by atoms with E-state index >= 15 is 0 Å². The van der Waals surface area contributed by atoms with Crippen molar-refractivity contribution < 1.29 is 14.7 Å². The third-order valence-electron chi connectivity index (χ3n) is 5.96. The fourth-order valence-corrected chi connectivity index (χ4v) is 4.14. The highest BCUT2D eigenvalue weighted by atomic mass is 16.3. The van der Waals surface area contributed by atoms with Crippen molar-refractivity contribution in [1.29, 1.82) is 0 Å². The molecule has 2 fully saturated rings.